The third-order valence-corrected chi connectivity index (χ3v) is 3.21. The Morgan fingerprint density at radius 2 is 2.05 bits per heavy atom. The van der Waals surface area contributed by atoms with Gasteiger partial charge in [-0.1, -0.05) is 32.0 Å². The first-order valence-electron chi connectivity index (χ1n) is 6.81. The van der Waals surface area contributed by atoms with Crippen LogP contribution in [0.5, 0.6) is 0 Å². The Morgan fingerprint density at radius 1 is 1.37 bits per heavy atom. The minimum Gasteiger partial charge on any atom is -0.374 e. The Hall–Kier alpha value is -1.55. The van der Waals surface area contributed by atoms with Gasteiger partial charge in [-0.05, 0) is 18.2 Å². The van der Waals surface area contributed by atoms with E-state index in [0.717, 1.165) is 13.1 Å². The molecule has 0 saturated carbocycles. The number of amides is 1. The molecule has 1 unspecified atom stereocenters. The monoisotopic (exact) mass is 263 g/mol. The fraction of sp³-hybridized carbons (Fsp3) is 0.533. The third-order valence-electron chi connectivity index (χ3n) is 3.21. The summed E-state index contributed by atoms with van der Waals surface area (Å²) in [6.45, 7) is 6.56. The molecule has 0 spiro atoms. The van der Waals surface area contributed by atoms with E-state index in [1.54, 1.807) is 7.05 Å². The van der Waals surface area contributed by atoms with Crippen molar-refractivity contribution in [3.63, 3.8) is 0 Å². The van der Waals surface area contributed by atoms with E-state index in [4.69, 9.17) is 0 Å². The minimum atomic E-state index is -0.0257. The van der Waals surface area contributed by atoms with Crippen molar-refractivity contribution in [3.05, 3.63) is 29.8 Å². The van der Waals surface area contributed by atoms with Crippen molar-refractivity contribution in [2.45, 2.75) is 20.4 Å². The van der Waals surface area contributed by atoms with Gasteiger partial charge in [-0.3, -0.25) is 4.79 Å². The summed E-state index contributed by atoms with van der Waals surface area (Å²) in [5, 5.41) is 6.03. The van der Waals surface area contributed by atoms with Crippen LogP contribution in [0.4, 0.5) is 5.69 Å². The molecule has 0 aliphatic rings. The van der Waals surface area contributed by atoms with Crippen molar-refractivity contribution < 1.29 is 4.79 Å². The molecule has 4 heteroatoms. The van der Waals surface area contributed by atoms with Gasteiger partial charge in [0.15, 0.2) is 0 Å². The van der Waals surface area contributed by atoms with Crippen LogP contribution in [-0.2, 0) is 11.3 Å². The maximum Gasteiger partial charge on any atom is 0.224 e. The molecule has 1 rings (SSSR count). The molecule has 0 fully saturated rings. The number of nitrogens with one attached hydrogen (secondary N) is 2. The predicted molar refractivity (Wildman–Crippen MR) is 80.3 cm³/mol. The number of rotatable bonds is 7. The highest BCUT2D eigenvalue weighted by atomic mass is 16.1. The first-order chi connectivity index (χ1) is 9.10. The maximum absolute atomic E-state index is 11.6. The number of anilines is 1. The lowest BCUT2D eigenvalue weighted by Gasteiger charge is -2.25. The van der Waals surface area contributed by atoms with Gasteiger partial charge in [-0.25, -0.2) is 0 Å². The molecule has 0 heterocycles. The average Bonchev–Trinajstić information content (AvgIpc) is 2.44. The zero-order valence-electron chi connectivity index (χ0n) is 12.4. The lowest BCUT2D eigenvalue weighted by atomic mass is 10.1. The largest absolute Gasteiger partial charge is 0.374 e. The fourth-order valence-corrected chi connectivity index (χ4v) is 2.13. The van der Waals surface area contributed by atoms with Crippen molar-refractivity contribution in [1.29, 1.82) is 0 Å². The van der Waals surface area contributed by atoms with Crippen LogP contribution in [0.2, 0.25) is 0 Å². The van der Waals surface area contributed by atoms with E-state index in [1.165, 1.54) is 11.3 Å². The highest BCUT2D eigenvalue weighted by Gasteiger charge is 2.15. The molecular formula is C15H25N3O. The zero-order valence-corrected chi connectivity index (χ0v) is 12.4. The molecular weight excluding hydrogens is 238 g/mol. The molecule has 1 amide bonds. The number of carbonyl (C=O) groups is 1. The van der Waals surface area contributed by atoms with Gasteiger partial charge in [0.05, 0.1) is 5.92 Å². The van der Waals surface area contributed by atoms with Crippen molar-refractivity contribution in [3.8, 4) is 0 Å². The highest BCUT2D eigenvalue weighted by Crippen LogP contribution is 2.20. The summed E-state index contributed by atoms with van der Waals surface area (Å²) < 4.78 is 0. The van der Waals surface area contributed by atoms with E-state index in [-0.39, 0.29) is 11.8 Å². The Labute approximate surface area is 116 Å². The van der Waals surface area contributed by atoms with E-state index < -0.39 is 0 Å². The second-order valence-corrected chi connectivity index (χ2v) is 4.80. The van der Waals surface area contributed by atoms with Gasteiger partial charge in [0.25, 0.3) is 0 Å². The Bertz CT molecular complexity index is 406. The van der Waals surface area contributed by atoms with Gasteiger partial charge < -0.3 is 15.5 Å². The van der Waals surface area contributed by atoms with Gasteiger partial charge in [-0.15, -0.1) is 0 Å². The van der Waals surface area contributed by atoms with Crippen molar-refractivity contribution in [2.75, 3.05) is 32.1 Å². The Morgan fingerprint density at radius 3 is 2.68 bits per heavy atom. The van der Waals surface area contributed by atoms with E-state index in [0.29, 0.717) is 6.54 Å². The summed E-state index contributed by atoms with van der Waals surface area (Å²) in [5.41, 5.74) is 2.44. The van der Waals surface area contributed by atoms with Crippen LogP contribution >= 0.6 is 0 Å². The first-order valence-corrected chi connectivity index (χ1v) is 6.81. The van der Waals surface area contributed by atoms with Crippen LogP contribution in [0.15, 0.2) is 24.3 Å². The lowest BCUT2D eigenvalue weighted by Crippen LogP contribution is -2.34. The van der Waals surface area contributed by atoms with Crippen molar-refractivity contribution in [2.24, 2.45) is 5.92 Å². The van der Waals surface area contributed by atoms with Crippen LogP contribution in [0.1, 0.15) is 19.4 Å². The molecule has 0 aliphatic carbocycles. The maximum atomic E-state index is 11.6. The van der Waals surface area contributed by atoms with Gasteiger partial charge in [-0.2, -0.15) is 0 Å². The smallest absolute Gasteiger partial charge is 0.224 e. The molecule has 0 saturated heterocycles. The van der Waals surface area contributed by atoms with Crippen LogP contribution < -0.4 is 15.5 Å². The first kappa shape index (κ1) is 15.5. The Kier molecular flexibility index (Phi) is 6.36. The molecule has 0 aromatic heterocycles. The van der Waals surface area contributed by atoms with Crippen LogP contribution in [-0.4, -0.2) is 33.1 Å². The topological polar surface area (TPSA) is 44.4 Å². The van der Waals surface area contributed by atoms with E-state index in [2.05, 4.69) is 34.6 Å². The third kappa shape index (κ3) is 4.56. The molecule has 0 radical (unpaired) electrons. The van der Waals surface area contributed by atoms with Crippen molar-refractivity contribution >= 4 is 11.6 Å². The molecule has 1 atom stereocenters. The summed E-state index contributed by atoms with van der Waals surface area (Å²) in [7, 11) is 3.71. The second-order valence-electron chi connectivity index (χ2n) is 4.80. The summed E-state index contributed by atoms with van der Waals surface area (Å²) in [4.78, 5) is 13.7. The molecule has 4 nitrogen and oxygen atoms in total. The summed E-state index contributed by atoms with van der Waals surface area (Å²) >= 11 is 0. The number of hydrogen-bond donors (Lipinski definition) is 2. The number of hydrogen-bond acceptors (Lipinski definition) is 3. The number of nitrogens with zero attached hydrogens (tertiary/aromatic N) is 1. The van der Waals surface area contributed by atoms with Gasteiger partial charge >= 0.3 is 0 Å². The van der Waals surface area contributed by atoms with E-state index >= 15 is 0 Å². The SMILES string of the molecule is CCNCc1ccccc1N(C)CC(C)C(=O)NC. The standard InChI is InChI=1S/C15H25N3O/c1-5-17-10-13-8-6-7-9-14(13)18(4)11-12(2)15(19)16-3/h6-9,12,17H,5,10-11H2,1-4H3,(H,16,19). The molecule has 0 bridgehead atoms. The van der Waals surface area contributed by atoms with Crippen molar-refractivity contribution in [1.82, 2.24) is 10.6 Å². The quantitative estimate of drug-likeness (QED) is 0.785. The molecule has 106 valence electrons. The van der Waals surface area contributed by atoms with E-state index in [9.17, 15) is 4.79 Å². The molecule has 2 N–H and O–H groups in total. The van der Waals surface area contributed by atoms with Crippen LogP contribution in [0.25, 0.3) is 0 Å². The van der Waals surface area contributed by atoms with E-state index in [1.807, 2.05) is 26.1 Å². The molecule has 19 heavy (non-hydrogen) atoms. The average molecular weight is 263 g/mol. The number of carbonyl (C=O) groups excluding carboxylic acids is 1. The predicted octanol–water partition coefficient (Wildman–Crippen LogP) is 1.61. The Balaban J connectivity index is 2.75. The molecule has 1 aromatic carbocycles. The number of benzene rings is 1. The van der Waals surface area contributed by atoms with Crippen LogP contribution in [0.3, 0.4) is 0 Å². The fourth-order valence-electron chi connectivity index (χ4n) is 2.13. The van der Waals surface area contributed by atoms with Gasteiger partial charge in [0, 0.05) is 32.9 Å². The summed E-state index contributed by atoms with van der Waals surface area (Å²) in [5.74, 6) is 0.0539. The highest BCUT2D eigenvalue weighted by molar-refractivity contribution is 5.78. The summed E-state index contributed by atoms with van der Waals surface area (Å²) in [6.07, 6.45) is 0. The van der Waals surface area contributed by atoms with Gasteiger partial charge in [0.1, 0.15) is 0 Å². The molecule has 1 aromatic rings. The lowest BCUT2D eigenvalue weighted by molar-refractivity contribution is -0.123. The number of para-hydroxylation sites is 1. The zero-order chi connectivity index (χ0) is 14.3. The minimum absolute atomic E-state index is 0.0257. The second kappa shape index (κ2) is 7.79. The van der Waals surface area contributed by atoms with Gasteiger partial charge in [0.2, 0.25) is 5.91 Å². The molecule has 0 aliphatic heterocycles. The summed E-state index contributed by atoms with van der Waals surface area (Å²) in [6, 6.07) is 8.31. The van der Waals surface area contributed by atoms with Crippen LogP contribution in [0, 0.1) is 5.92 Å². The normalized spacial score (nSPS) is 12.0.